The van der Waals surface area contributed by atoms with Gasteiger partial charge < -0.3 is 10.2 Å². The zero-order chi connectivity index (χ0) is 13.8. The topological polar surface area (TPSA) is 15.3 Å². The van der Waals surface area contributed by atoms with Crippen molar-refractivity contribution in [3.63, 3.8) is 0 Å². The fourth-order valence-electron chi connectivity index (χ4n) is 3.51. The largest absolute Gasteiger partial charge is 0.317 e. The first-order valence-electron chi connectivity index (χ1n) is 7.74. The quantitative estimate of drug-likeness (QED) is 0.809. The average molecular weight is 254 g/mol. The Labute approximate surface area is 115 Å². The summed E-state index contributed by atoms with van der Waals surface area (Å²) >= 11 is 0. The van der Waals surface area contributed by atoms with E-state index >= 15 is 0 Å². The molecule has 2 nitrogen and oxygen atoms in total. The Balaban J connectivity index is 2.59. The van der Waals surface area contributed by atoms with E-state index in [4.69, 9.17) is 0 Å². The minimum Gasteiger partial charge on any atom is -0.317 e. The molecule has 0 amide bonds. The maximum absolute atomic E-state index is 3.55. The highest BCUT2D eigenvalue weighted by atomic mass is 15.1. The third-order valence-corrected chi connectivity index (χ3v) is 4.73. The molecule has 0 bridgehead atoms. The fourth-order valence-corrected chi connectivity index (χ4v) is 3.51. The lowest BCUT2D eigenvalue weighted by Crippen LogP contribution is -2.45. The first-order valence-corrected chi connectivity index (χ1v) is 7.74. The van der Waals surface area contributed by atoms with Crippen LogP contribution in [0.25, 0.3) is 0 Å². The Morgan fingerprint density at radius 3 is 2.39 bits per heavy atom. The molecule has 1 saturated carbocycles. The van der Waals surface area contributed by atoms with Gasteiger partial charge in [0.25, 0.3) is 0 Å². The van der Waals surface area contributed by atoms with Crippen molar-refractivity contribution in [1.82, 2.24) is 10.2 Å². The Morgan fingerprint density at radius 1 is 1.22 bits per heavy atom. The van der Waals surface area contributed by atoms with E-state index in [2.05, 4.69) is 52.0 Å². The molecule has 3 unspecified atom stereocenters. The van der Waals surface area contributed by atoms with Crippen LogP contribution in [0.5, 0.6) is 0 Å². The minimum absolute atomic E-state index is 0.473. The van der Waals surface area contributed by atoms with Gasteiger partial charge in [0.05, 0.1) is 0 Å². The summed E-state index contributed by atoms with van der Waals surface area (Å²) in [5, 5.41) is 3.55. The van der Waals surface area contributed by atoms with Crippen LogP contribution in [0.15, 0.2) is 0 Å². The van der Waals surface area contributed by atoms with Crippen LogP contribution < -0.4 is 5.32 Å². The summed E-state index contributed by atoms with van der Waals surface area (Å²) in [6.45, 7) is 12.0. The Morgan fingerprint density at radius 2 is 1.89 bits per heavy atom. The highest BCUT2D eigenvalue weighted by Crippen LogP contribution is 2.40. The van der Waals surface area contributed by atoms with E-state index in [1.165, 1.54) is 38.8 Å². The molecule has 0 heterocycles. The van der Waals surface area contributed by atoms with Crippen LogP contribution in [0.2, 0.25) is 0 Å². The van der Waals surface area contributed by atoms with Gasteiger partial charge in [0.1, 0.15) is 0 Å². The third-order valence-electron chi connectivity index (χ3n) is 4.73. The zero-order valence-electron chi connectivity index (χ0n) is 13.4. The lowest BCUT2D eigenvalue weighted by Gasteiger charge is -2.43. The number of nitrogens with one attached hydrogen (secondary N) is 1. The molecule has 0 aromatic heterocycles. The number of hydrogen-bond acceptors (Lipinski definition) is 2. The summed E-state index contributed by atoms with van der Waals surface area (Å²) < 4.78 is 0. The zero-order valence-corrected chi connectivity index (χ0v) is 13.4. The summed E-state index contributed by atoms with van der Waals surface area (Å²) in [4.78, 5) is 2.51. The van der Waals surface area contributed by atoms with E-state index in [0.717, 1.165) is 17.9 Å². The number of nitrogens with zero attached hydrogens (tertiary/aromatic N) is 1. The van der Waals surface area contributed by atoms with Crippen molar-refractivity contribution >= 4 is 0 Å². The molecule has 0 saturated heterocycles. The molecule has 108 valence electrons. The Bertz CT molecular complexity index is 232. The summed E-state index contributed by atoms with van der Waals surface area (Å²) in [6, 6.07) is 0.725. The monoisotopic (exact) mass is 254 g/mol. The molecule has 18 heavy (non-hydrogen) atoms. The van der Waals surface area contributed by atoms with E-state index in [1.807, 2.05) is 0 Å². The van der Waals surface area contributed by atoms with Gasteiger partial charge in [0.2, 0.25) is 0 Å². The van der Waals surface area contributed by atoms with Crippen molar-refractivity contribution in [2.45, 2.75) is 59.4 Å². The second-order valence-corrected chi connectivity index (χ2v) is 7.29. The van der Waals surface area contributed by atoms with Crippen molar-refractivity contribution in [2.24, 2.45) is 17.3 Å². The number of hydrogen-bond donors (Lipinski definition) is 1. The second-order valence-electron chi connectivity index (χ2n) is 7.29. The van der Waals surface area contributed by atoms with E-state index in [0.29, 0.717) is 5.41 Å². The maximum Gasteiger partial charge on any atom is 0.0105 e. The molecule has 1 N–H and O–H groups in total. The van der Waals surface area contributed by atoms with Crippen LogP contribution in [0.4, 0.5) is 0 Å². The van der Waals surface area contributed by atoms with Crippen molar-refractivity contribution in [3.05, 3.63) is 0 Å². The molecule has 0 radical (unpaired) electrons. The van der Waals surface area contributed by atoms with Crippen LogP contribution in [-0.2, 0) is 0 Å². The van der Waals surface area contributed by atoms with Gasteiger partial charge in [-0.05, 0) is 63.6 Å². The first kappa shape index (κ1) is 16.0. The Kier molecular flexibility index (Phi) is 6.13. The molecule has 0 aliphatic heterocycles. The highest BCUT2D eigenvalue weighted by molar-refractivity contribution is 4.89. The van der Waals surface area contributed by atoms with Gasteiger partial charge in [-0.1, -0.05) is 27.7 Å². The van der Waals surface area contributed by atoms with E-state index in [9.17, 15) is 0 Å². The molecular weight excluding hydrogens is 220 g/mol. The standard InChI is InChI=1S/C16H34N2/c1-7-10-18(6)12-13-11-14(16(2,3)4)8-9-15(13)17-5/h13-15,17H,7-12H2,1-6H3. The lowest BCUT2D eigenvalue weighted by atomic mass is 9.67. The second kappa shape index (κ2) is 6.91. The molecular formula is C16H34N2. The van der Waals surface area contributed by atoms with Gasteiger partial charge in [0.15, 0.2) is 0 Å². The van der Waals surface area contributed by atoms with E-state index < -0.39 is 0 Å². The Hall–Kier alpha value is -0.0800. The van der Waals surface area contributed by atoms with Gasteiger partial charge in [-0.25, -0.2) is 0 Å². The summed E-state index contributed by atoms with van der Waals surface area (Å²) in [5.74, 6) is 1.71. The summed E-state index contributed by atoms with van der Waals surface area (Å²) in [6.07, 6.45) is 5.39. The van der Waals surface area contributed by atoms with Gasteiger partial charge >= 0.3 is 0 Å². The smallest absolute Gasteiger partial charge is 0.0105 e. The predicted octanol–water partition coefficient (Wildman–Crippen LogP) is 3.38. The minimum atomic E-state index is 0.473. The summed E-state index contributed by atoms with van der Waals surface area (Å²) in [7, 11) is 4.41. The van der Waals surface area contributed by atoms with Gasteiger partial charge in [-0.2, -0.15) is 0 Å². The third kappa shape index (κ3) is 4.55. The van der Waals surface area contributed by atoms with Crippen LogP contribution in [0.3, 0.4) is 0 Å². The van der Waals surface area contributed by atoms with E-state index in [-0.39, 0.29) is 0 Å². The molecule has 0 aromatic carbocycles. The SMILES string of the molecule is CCCN(C)CC1CC(C(C)(C)C)CCC1NC. The molecule has 0 spiro atoms. The predicted molar refractivity (Wildman–Crippen MR) is 80.9 cm³/mol. The van der Waals surface area contributed by atoms with Crippen molar-refractivity contribution in [3.8, 4) is 0 Å². The van der Waals surface area contributed by atoms with Crippen LogP contribution in [0.1, 0.15) is 53.4 Å². The normalized spacial score (nSPS) is 29.8. The van der Waals surface area contributed by atoms with Crippen molar-refractivity contribution in [1.29, 1.82) is 0 Å². The molecule has 3 atom stereocenters. The first-order chi connectivity index (χ1) is 8.38. The van der Waals surface area contributed by atoms with Gasteiger partial charge in [-0.15, -0.1) is 0 Å². The number of rotatable bonds is 5. The molecule has 1 fully saturated rings. The van der Waals surface area contributed by atoms with Gasteiger partial charge in [0, 0.05) is 12.6 Å². The molecule has 1 rings (SSSR count). The van der Waals surface area contributed by atoms with Gasteiger partial charge in [-0.3, -0.25) is 0 Å². The lowest BCUT2D eigenvalue weighted by molar-refractivity contribution is 0.0961. The molecule has 1 aliphatic carbocycles. The van der Waals surface area contributed by atoms with Crippen LogP contribution in [0, 0.1) is 17.3 Å². The maximum atomic E-state index is 3.55. The molecule has 0 aromatic rings. The molecule has 2 heteroatoms. The highest BCUT2D eigenvalue weighted by Gasteiger charge is 2.35. The summed E-state index contributed by atoms with van der Waals surface area (Å²) in [5.41, 5.74) is 0.473. The van der Waals surface area contributed by atoms with Crippen LogP contribution in [-0.4, -0.2) is 38.1 Å². The van der Waals surface area contributed by atoms with Crippen molar-refractivity contribution < 1.29 is 0 Å². The molecule has 1 aliphatic rings. The average Bonchev–Trinajstić information content (AvgIpc) is 2.28. The fraction of sp³-hybridized carbons (Fsp3) is 1.00. The van der Waals surface area contributed by atoms with Crippen molar-refractivity contribution in [2.75, 3.05) is 27.2 Å². The van der Waals surface area contributed by atoms with E-state index in [1.54, 1.807) is 0 Å². The van der Waals surface area contributed by atoms with Crippen LogP contribution >= 0.6 is 0 Å².